The maximum Gasteiger partial charge on any atom is 0.323 e. The molecule has 0 bridgehead atoms. The van der Waals surface area contributed by atoms with Crippen molar-refractivity contribution in [2.75, 3.05) is 13.2 Å². The van der Waals surface area contributed by atoms with Gasteiger partial charge in [0.2, 0.25) is 0 Å². The van der Waals surface area contributed by atoms with E-state index in [-0.39, 0.29) is 17.9 Å². The maximum atomic E-state index is 12.1. The Labute approximate surface area is 179 Å². The van der Waals surface area contributed by atoms with Gasteiger partial charge in [0.15, 0.2) is 0 Å². The van der Waals surface area contributed by atoms with Crippen LogP contribution in [0.1, 0.15) is 43.7 Å². The van der Waals surface area contributed by atoms with Crippen LogP contribution in [0.5, 0.6) is 0 Å². The Hall–Kier alpha value is -2.66. The van der Waals surface area contributed by atoms with Crippen LogP contribution in [0.4, 0.5) is 0 Å². The highest BCUT2D eigenvalue weighted by Crippen LogP contribution is 2.11. The molecule has 162 valence electrons. The lowest BCUT2D eigenvalue weighted by Crippen LogP contribution is -2.34. The van der Waals surface area contributed by atoms with Gasteiger partial charge in [-0.15, -0.1) is 0 Å². The van der Waals surface area contributed by atoms with Crippen molar-refractivity contribution in [3.63, 3.8) is 0 Å². The molecule has 0 aliphatic carbocycles. The standard InChI is InChI=1S/C25H33NO4/c1-20(18-21-12-6-4-7-13-21)24(27)29-16-10-2-3-11-17-30-25(28)23(26)19-22-14-8-5-9-15-22/h4-9,12-15,20,23H,2-3,10-11,16-19,26H2,1H3. The second kappa shape index (κ2) is 13.5. The van der Waals surface area contributed by atoms with Gasteiger partial charge < -0.3 is 15.2 Å². The van der Waals surface area contributed by atoms with Crippen LogP contribution >= 0.6 is 0 Å². The number of carbonyl (C=O) groups is 2. The van der Waals surface area contributed by atoms with E-state index >= 15 is 0 Å². The van der Waals surface area contributed by atoms with Gasteiger partial charge in [-0.3, -0.25) is 9.59 Å². The summed E-state index contributed by atoms with van der Waals surface area (Å²) in [5, 5.41) is 0. The van der Waals surface area contributed by atoms with Crippen molar-refractivity contribution in [2.45, 2.75) is 51.5 Å². The lowest BCUT2D eigenvalue weighted by Gasteiger charge is -2.12. The number of carbonyl (C=O) groups excluding carboxylic acids is 2. The van der Waals surface area contributed by atoms with E-state index in [4.69, 9.17) is 15.2 Å². The Kier molecular flexibility index (Phi) is 10.7. The van der Waals surface area contributed by atoms with Gasteiger partial charge >= 0.3 is 11.9 Å². The smallest absolute Gasteiger partial charge is 0.323 e. The molecular formula is C25H33NO4. The molecule has 0 amide bonds. The monoisotopic (exact) mass is 411 g/mol. The quantitative estimate of drug-likeness (QED) is 0.397. The lowest BCUT2D eigenvalue weighted by molar-refractivity contribution is -0.148. The molecule has 5 nitrogen and oxygen atoms in total. The van der Waals surface area contributed by atoms with Crippen LogP contribution in [0.3, 0.4) is 0 Å². The number of esters is 2. The van der Waals surface area contributed by atoms with Gasteiger partial charge in [-0.25, -0.2) is 0 Å². The summed E-state index contributed by atoms with van der Waals surface area (Å²) in [6.07, 6.45) is 4.60. The molecule has 0 aliphatic rings. The van der Waals surface area contributed by atoms with Crippen LogP contribution in [-0.4, -0.2) is 31.2 Å². The molecule has 0 spiro atoms. The van der Waals surface area contributed by atoms with E-state index < -0.39 is 6.04 Å². The summed E-state index contributed by atoms with van der Waals surface area (Å²) in [5.41, 5.74) is 8.07. The van der Waals surface area contributed by atoms with Crippen LogP contribution in [-0.2, 0) is 31.9 Å². The summed E-state index contributed by atoms with van der Waals surface area (Å²) in [6, 6.07) is 19.0. The number of hydrogen-bond acceptors (Lipinski definition) is 5. The number of unbranched alkanes of at least 4 members (excludes halogenated alkanes) is 3. The average Bonchev–Trinajstić information content (AvgIpc) is 2.76. The van der Waals surface area contributed by atoms with Gasteiger partial charge in [0.1, 0.15) is 6.04 Å². The Morgan fingerprint density at radius 1 is 0.733 bits per heavy atom. The Morgan fingerprint density at radius 2 is 1.20 bits per heavy atom. The molecule has 0 radical (unpaired) electrons. The minimum absolute atomic E-state index is 0.146. The van der Waals surface area contributed by atoms with Gasteiger partial charge in [-0.1, -0.05) is 67.6 Å². The van der Waals surface area contributed by atoms with Gasteiger partial charge in [0.05, 0.1) is 19.1 Å². The topological polar surface area (TPSA) is 78.6 Å². The predicted octanol–water partition coefficient (Wildman–Crippen LogP) is 4.08. The first-order chi connectivity index (χ1) is 14.6. The van der Waals surface area contributed by atoms with Crippen molar-refractivity contribution in [1.29, 1.82) is 0 Å². The zero-order valence-electron chi connectivity index (χ0n) is 17.8. The highest BCUT2D eigenvalue weighted by molar-refractivity contribution is 5.75. The zero-order chi connectivity index (χ0) is 21.6. The third-order valence-corrected chi connectivity index (χ3v) is 4.92. The summed E-state index contributed by atoms with van der Waals surface area (Å²) in [7, 11) is 0. The van der Waals surface area contributed by atoms with Crippen molar-refractivity contribution in [3.05, 3.63) is 71.8 Å². The number of ether oxygens (including phenoxy) is 2. The Balaban J connectivity index is 1.47. The highest BCUT2D eigenvalue weighted by atomic mass is 16.5. The second-order valence-corrected chi connectivity index (χ2v) is 7.64. The molecule has 0 heterocycles. The van der Waals surface area contributed by atoms with Gasteiger partial charge in [0, 0.05) is 0 Å². The maximum absolute atomic E-state index is 12.1. The fraction of sp³-hybridized carbons (Fsp3) is 0.440. The lowest BCUT2D eigenvalue weighted by atomic mass is 10.0. The first kappa shape index (κ1) is 23.6. The van der Waals surface area contributed by atoms with Crippen LogP contribution in [0, 0.1) is 5.92 Å². The van der Waals surface area contributed by atoms with Crippen molar-refractivity contribution in [3.8, 4) is 0 Å². The second-order valence-electron chi connectivity index (χ2n) is 7.64. The van der Waals surface area contributed by atoms with E-state index in [0.717, 1.165) is 36.8 Å². The van der Waals surface area contributed by atoms with Crippen LogP contribution in [0.15, 0.2) is 60.7 Å². The van der Waals surface area contributed by atoms with Crippen LogP contribution < -0.4 is 5.73 Å². The molecule has 0 aliphatic heterocycles. The van der Waals surface area contributed by atoms with Crippen LogP contribution in [0.2, 0.25) is 0 Å². The fourth-order valence-electron chi connectivity index (χ4n) is 3.15. The molecule has 2 atom stereocenters. The summed E-state index contributed by atoms with van der Waals surface area (Å²) >= 11 is 0. The van der Waals surface area contributed by atoms with Crippen molar-refractivity contribution in [1.82, 2.24) is 0 Å². The zero-order valence-corrected chi connectivity index (χ0v) is 17.8. The minimum atomic E-state index is -0.635. The molecule has 0 saturated heterocycles. The fourth-order valence-corrected chi connectivity index (χ4v) is 3.15. The summed E-state index contributed by atoms with van der Waals surface area (Å²) in [6.45, 7) is 2.70. The molecule has 0 saturated carbocycles. The summed E-state index contributed by atoms with van der Waals surface area (Å²) < 4.78 is 10.6. The Morgan fingerprint density at radius 3 is 1.73 bits per heavy atom. The van der Waals surface area contributed by atoms with Crippen molar-refractivity contribution in [2.24, 2.45) is 11.7 Å². The minimum Gasteiger partial charge on any atom is -0.465 e. The van der Waals surface area contributed by atoms with E-state index in [1.54, 1.807) is 0 Å². The summed E-state index contributed by atoms with van der Waals surface area (Å²) in [4.78, 5) is 24.0. The SMILES string of the molecule is CC(Cc1ccccc1)C(=O)OCCCCCCOC(=O)C(N)Cc1ccccc1. The first-order valence-corrected chi connectivity index (χ1v) is 10.7. The number of hydrogen-bond donors (Lipinski definition) is 1. The van der Waals surface area contributed by atoms with Gasteiger partial charge in [0.25, 0.3) is 0 Å². The molecule has 2 unspecified atom stereocenters. The molecule has 2 aromatic carbocycles. The van der Waals surface area contributed by atoms with E-state index in [1.807, 2.05) is 67.6 Å². The molecule has 5 heteroatoms. The molecule has 0 fully saturated rings. The molecule has 0 aromatic heterocycles. The van der Waals surface area contributed by atoms with E-state index in [2.05, 4.69) is 0 Å². The van der Waals surface area contributed by atoms with Crippen LogP contribution in [0.25, 0.3) is 0 Å². The largest absolute Gasteiger partial charge is 0.465 e. The highest BCUT2D eigenvalue weighted by Gasteiger charge is 2.16. The van der Waals surface area contributed by atoms with Gasteiger partial charge in [-0.05, 0) is 49.7 Å². The third kappa shape index (κ3) is 9.23. The van der Waals surface area contributed by atoms with E-state index in [0.29, 0.717) is 26.1 Å². The van der Waals surface area contributed by atoms with E-state index in [1.165, 1.54) is 0 Å². The molecule has 2 rings (SSSR count). The molecule has 2 N–H and O–H groups in total. The number of rotatable bonds is 13. The van der Waals surface area contributed by atoms with Crippen molar-refractivity contribution >= 4 is 11.9 Å². The Bertz CT molecular complexity index is 683. The number of benzene rings is 2. The molecule has 30 heavy (non-hydrogen) atoms. The molecular weight excluding hydrogens is 378 g/mol. The normalized spacial score (nSPS) is 12.7. The first-order valence-electron chi connectivity index (χ1n) is 10.7. The van der Waals surface area contributed by atoms with Gasteiger partial charge in [-0.2, -0.15) is 0 Å². The molecule has 2 aromatic rings. The summed E-state index contributed by atoms with van der Waals surface area (Å²) in [5.74, 6) is -0.660. The average molecular weight is 412 g/mol. The number of nitrogens with two attached hydrogens (primary N) is 1. The van der Waals surface area contributed by atoms with Crippen molar-refractivity contribution < 1.29 is 19.1 Å². The van der Waals surface area contributed by atoms with E-state index in [9.17, 15) is 9.59 Å². The third-order valence-electron chi connectivity index (χ3n) is 4.92. The predicted molar refractivity (Wildman–Crippen MR) is 118 cm³/mol.